The lowest BCUT2D eigenvalue weighted by atomic mass is 9.97. The van der Waals surface area contributed by atoms with E-state index in [0.29, 0.717) is 49.3 Å². The minimum atomic E-state index is -0.202. The molecule has 172 valence electrons. The fourth-order valence-electron chi connectivity index (χ4n) is 3.49. The molecule has 1 saturated heterocycles. The summed E-state index contributed by atoms with van der Waals surface area (Å²) < 4.78 is 10.3. The molecular weight excluding hydrogens is 436 g/mol. The molecule has 0 unspecified atom stereocenters. The number of hydrogen-bond acceptors (Lipinski definition) is 7. The Morgan fingerprint density at radius 3 is 2.56 bits per heavy atom. The van der Waals surface area contributed by atoms with Crippen molar-refractivity contribution < 1.29 is 23.6 Å². The van der Waals surface area contributed by atoms with Crippen molar-refractivity contribution in [1.29, 1.82) is 0 Å². The topological polar surface area (TPSA) is 106 Å². The Morgan fingerprint density at radius 2 is 1.91 bits per heavy atom. The zero-order valence-electron chi connectivity index (χ0n) is 18.3. The number of rotatable bonds is 8. The first-order valence-corrected chi connectivity index (χ1v) is 11.0. The van der Waals surface area contributed by atoms with Crippen LogP contribution in [0.2, 0.25) is 5.02 Å². The van der Waals surface area contributed by atoms with Gasteiger partial charge in [-0.1, -0.05) is 16.8 Å². The molecular formula is C22H27ClN4O5. The number of halogens is 1. The molecule has 0 radical (unpaired) electrons. The summed E-state index contributed by atoms with van der Waals surface area (Å²) in [6, 6.07) is 7.05. The van der Waals surface area contributed by atoms with E-state index in [1.807, 2.05) is 0 Å². The van der Waals surface area contributed by atoms with Crippen LogP contribution in [0.1, 0.15) is 32.1 Å². The molecule has 0 N–H and O–H groups in total. The summed E-state index contributed by atoms with van der Waals surface area (Å²) >= 11 is 5.88. The van der Waals surface area contributed by atoms with Crippen LogP contribution in [0.5, 0.6) is 0 Å². The maximum absolute atomic E-state index is 12.5. The van der Waals surface area contributed by atoms with Crippen LogP contribution >= 0.6 is 11.6 Å². The molecule has 1 aliphatic rings. The van der Waals surface area contributed by atoms with Gasteiger partial charge in [0.25, 0.3) is 0 Å². The van der Waals surface area contributed by atoms with E-state index in [-0.39, 0.29) is 43.1 Å². The number of amides is 2. The third-order valence-corrected chi connectivity index (χ3v) is 5.64. The zero-order valence-corrected chi connectivity index (χ0v) is 19.0. The largest absolute Gasteiger partial charge is 0.466 e. The molecule has 1 aromatic carbocycles. The van der Waals surface area contributed by atoms with Gasteiger partial charge < -0.3 is 19.1 Å². The van der Waals surface area contributed by atoms with E-state index in [4.69, 9.17) is 20.9 Å². The van der Waals surface area contributed by atoms with Crippen LogP contribution in [0.3, 0.4) is 0 Å². The fraction of sp³-hybridized carbons (Fsp3) is 0.500. The Bertz CT molecular complexity index is 938. The maximum atomic E-state index is 12.5. The Balaban J connectivity index is 1.43. The van der Waals surface area contributed by atoms with Gasteiger partial charge in [-0.15, -0.1) is 0 Å². The van der Waals surface area contributed by atoms with E-state index in [1.165, 1.54) is 4.90 Å². The Hall–Kier alpha value is -2.94. The summed E-state index contributed by atoms with van der Waals surface area (Å²) in [5, 5.41) is 4.55. The van der Waals surface area contributed by atoms with Gasteiger partial charge in [0.05, 0.1) is 19.1 Å². The second-order valence-corrected chi connectivity index (χ2v) is 8.11. The SMILES string of the molecule is CCOC(=O)C1CCN(C(=O)CN(C)C(=O)CCc2nc(-c3ccc(Cl)cc3)no2)CC1. The minimum Gasteiger partial charge on any atom is -0.466 e. The monoisotopic (exact) mass is 462 g/mol. The van der Waals surface area contributed by atoms with Crippen LogP contribution < -0.4 is 0 Å². The number of benzene rings is 1. The highest BCUT2D eigenvalue weighted by atomic mass is 35.5. The summed E-state index contributed by atoms with van der Waals surface area (Å²) in [6.45, 7) is 3.10. The van der Waals surface area contributed by atoms with Crippen LogP contribution in [0.4, 0.5) is 0 Å². The molecule has 10 heteroatoms. The Kier molecular flexibility index (Phi) is 8.21. The van der Waals surface area contributed by atoms with Crippen LogP contribution in [0, 0.1) is 5.92 Å². The fourth-order valence-corrected chi connectivity index (χ4v) is 3.62. The second-order valence-electron chi connectivity index (χ2n) is 7.68. The first-order valence-electron chi connectivity index (χ1n) is 10.6. The Labute approximate surface area is 191 Å². The van der Waals surface area contributed by atoms with Crippen LogP contribution in [-0.4, -0.2) is 71.0 Å². The molecule has 2 heterocycles. The summed E-state index contributed by atoms with van der Waals surface area (Å²) in [5.41, 5.74) is 0.769. The number of hydrogen-bond donors (Lipinski definition) is 0. The maximum Gasteiger partial charge on any atom is 0.309 e. The van der Waals surface area contributed by atoms with Gasteiger partial charge in [0.15, 0.2) is 0 Å². The lowest BCUT2D eigenvalue weighted by molar-refractivity contribution is -0.151. The average molecular weight is 463 g/mol. The van der Waals surface area contributed by atoms with Gasteiger partial charge in [0.1, 0.15) is 0 Å². The first-order chi connectivity index (χ1) is 15.4. The predicted octanol–water partition coefficient (Wildman–Crippen LogP) is 2.58. The van der Waals surface area contributed by atoms with E-state index in [1.54, 1.807) is 43.1 Å². The highest BCUT2D eigenvalue weighted by Gasteiger charge is 2.29. The molecule has 2 aromatic rings. The number of esters is 1. The van der Waals surface area contributed by atoms with E-state index in [2.05, 4.69) is 10.1 Å². The molecule has 0 saturated carbocycles. The number of piperidine rings is 1. The zero-order chi connectivity index (χ0) is 23.1. The number of likely N-dealkylation sites (tertiary alicyclic amines) is 1. The van der Waals surface area contributed by atoms with Gasteiger partial charge in [-0.2, -0.15) is 4.98 Å². The van der Waals surface area contributed by atoms with Gasteiger partial charge in [-0.05, 0) is 44.0 Å². The van der Waals surface area contributed by atoms with Crippen LogP contribution in [-0.2, 0) is 25.5 Å². The van der Waals surface area contributed by atoms with Crippen molar-refractivity contribution in [3.63, 3.8) is 0 Å². The third kappa shape index (κ3) is 6.29. The number of nitrogens with zero attached hydrogens (tertiary/aromatic N) is 4. The molecule has 0 spiro atoms. The van der Waals surface area contributed by atoms with Crippen LogP contribution in [0.15, 0.2) is 28.8 Å². The molecule has 0 atom stereocenters. The number of aryl methyl sites for hydroxylation is 1. The van der Waals surface area contributed by atoms with Crippen molar-refractivity contribution in [2.24, 2.45) is 5.92 Å². The van der Waals surface area contributed by atoms with Crippen molar-refractivity contribution in [2.45, 2.75) is 32.6 Å². The van der Waals surface area contributed by atoms with E-state index in [9.17, 15) is 14.4 Å². The molecule has 1 aliphatic heterocycles. The van der Waals surface area contributed by atoms with Crippen molar-refractivity contribution >= 4 is 29.4 Å². The number of ether oxygens (including phenoxy) is 1. The predicted molar refractivity (Wildman–Crippen MR) is 117 cm³/mol. The van der Waals surface area contributed by atoms with E-state index >= 15 is 0 Å². The summed E-state index contributed by atoms with van der Waals surface area (Å²) in [4.78, 5) is 44.2. The standard InChI is InChI=1S/C22H27ClN4O5/c1-3-31-22(30)16-10-12-27(13-11-16)20(29)14-26(2)19(28)9-8-18-24-21(25-32-18)15-4-6-17(23)7-5-15/h4-7,16H,3,8-14H2,1-2H3. The molecule has 0 aliphatic carbocycles. The number of likely N-dealkylation sites (N-methyl/N-ethyl adjacent to an activating group) is 1. The molecule has 0 bridgehead atoms. The van der Waals surface area contributed by atoms with E-state index in [0.717, 1.165) is 5.56 Å². The summed E-state index contributed by atoms with van der Waals surface area (Å²) in [5.74, 6) is 0.0950. The number of aromatic nitrogens is 2. The van der Waals surface area contributed by atoms with Gasteiger partial charge in [0, 0.05) is 43.6 Å². The smallest absolute Gasteiger partial charge is 0.309 e. The molecule has 32 heavy (non-hydrogen) atoms. The van der Waals surface area contributed by atoms with Gasteiger partial charge in [-0.3, -0.25) is 14.4 Å². The van der Waals surface area contributed by atoms with E-state index < -0.39 is 0 Å². The number of carbonyl (C=O) groups is 3. The second kappa shape index (κ2) is 11.1. The Morgan fingerprint density at radius 1 is 1.22 bits per heavy atom. The lowest BCUT2D eigenvalue weighted by Gasteiger charge is -2.32. The van der Waals surface area contributed by atoms with Crippen molar-refractivity contribution in [1.82, 2.24) is 19.9 Å². The number of carbonyl (C=O) groups excluding carboxylic acids is 3. The first kappa shape index (κ1) is 23.7. The van der Waals surface area contributed by atoms with Crippen molar-refractivity contribution in [3.8, 4) is 11.4 Å². The average Bonchev–Trinajstić information content (AvgIpc) is 3.27. The normalized spacial score (nSPS) is 14.3. The van der Waals surface area contributed by atoms with Crippen molar-refractivity contribution in [3.05, 3.63) is 35.2 Å². The molecule has 2 amide bonds. The van der Waals surface area contributed by atoms with Gasteiger partial charge in [-0.25, -0.2) is 0 Å². The summed E-state index contributed by atoms with van der Waals surface area (Å²) in [6.07, 6.45) is 1.59. The highest BCUT2D eigenvalue weighted by Crippen LogP contribution is 2.20. The molecule has 9 nitrogen and oxygen atoms in total. The highest BCUT2D eigenvalue weighted by molar-refractivity contribution is 6.30. The molecule has 1 aromatic heterocycles. The van der Waals surface area contributed by atoms with Gasteiger partial charge in [0.2, 0.25) is 23.5 Å². The third-order valence-electron chi connectivity index (χ3n) is 5.39. The minimum absolute atomic E-state index is 0.0111. The lowest BCUT2D eigenvalue weighted by Crippen LogP contribution is -2.45. The van der Waals surface area contributed by atoms with Gasteiger partial charge >= 0.3 is 5.97 Å². The molecule has 3 rings (SSSR count). The van der Waals surface area contributed by atoms with Crippen molar-refractivity contribution in [2.75, 3.05) is 33.3 Å². The van der Waals surface area contributed by atoms with Crippen LogP contribution in [0.25, 0.3) is 11.4 Å². The quantitative estimate of drug-likeness (QED) is 0.555. The molecule has 1 fully saturated rings. The summed E-state index contributed by atoms with van der Waals surface area (Å²) in [7, 11) is 1.60.